The number of hydrogen-bond donors (Lipinski definition) is 0. The second-order valence-corrected chi connectivity index (χ2v) is 8.25. The molecule has 1 fully saturated rings. The maximum atomic E-state index is 12.8. The van der Waals surface area contributed by atoms with Gasteiger partial charge in [-0.05, 0) is 33.1 Å². The van der Waals surface area contributed by atoms with Gasteiger partial charge in [0.25, 0.3) is 15.9 Å². The van der Waals surface area contributed by atoms with Crippen molar-refractivity contribution in [3.8, 4) is 0 Å². The molecule has 1 amide bonds. The van der Waals surface area contributed by atoms with E-state index in [1.165, 1.54) is 15.1 Å². The number of fused-ring (bicyclic) bond motifs is 1. The molecule has 7 nitrogen and oxygen atoms in total. The van der Waals surface area contributed by atoms with Gasteiger partial charge in [0.1, 0.15) is 0 Å². The summed E-state index contributed by atoms with van der Waals surface area (Å²) in [6, 6.07) is 1.74. The number of piperidine rings is 1. The van der Waals surface area contributed by atoms with Crippen LogP contribution in [0.2, 0.25) is 0 Å². The highest BCUT2D eigenvalue weighted by molar-refractivity contribution is 7.89. The summed E-state index contributed by atoms with van der Waals surface area (Å²) in [5, 5.41) is 4.36. The van der Waals surface area contributed by atoms with Gasteiger partial charge in [-0.2, -0.15) is 9.40 Å². The van der Waals surface area contributed by atoms with E-state index in [9.17, 15) is 13.2 Å². The van der Waals surface area contributed by atoms with Gasteiger partial charge in [-0.15, -0.1) is 0 Å². The second-order valence-electron chi connectivity index (χ2n) is 6.26. The Labute approximate surface area is 130 Å². The Bertz CT molecular complexity index is 687. The van der Waals surface area contributed by atoms with E-state index in [0.29, 0.717) is 13.1 Å². The molecule has 122 valence electrons. The molecule has 0 aliphatic carbocycles. The van der Waals surface area contributed by atoms with E-state index in [4.69, 9.17) is 0 Å². The smallest absolute Gasteiger partial charge is 0.274 e. The number of amides is 1. The van der Waals surface area contributed by atoms with Crippen molar-refractivity contribution in [2.45, 2.75) is 56.8 Å². The summed E-state index contributed by atoms with van der Waals surface area (Å²) in [7, 11) is -1.98. The highest BCUT2D eigenvalue weighted by Crippen LogP contribution is 2.26. The zero-order chi connectivity index (χ0) is 16.1. The predicted octanol–water partition coefficient (Wildman–Crippen LogP) is 0.920. The number of sulfonamides is 1. The molecule has 0 unspecified atom stereocenters. The Morgan fingerprint density at radius 1 is 1.23 bits per heavy atom. The lowest BCUT2D eigenvalue weighted by atomic mass is 9.97. The molecule has 0 saturated carbocycles. The molecule has 1 aromatic heterocycles. The maximum absolute atomic E-state index is 12.8. The first kappa shape index (κ1) is 15.5. The largest absolute Gasteiger partial charge is 0.332 e. The van der Waals surface area contributed by atoms with Gasteiger partial charge in [-0.25, -0.2) is 8.42 Å². The summed E-state index contributed by atoms with van der Waals surface area (Å²) in [5.41, 5.74) is 0.231. The number of likely N-dealkylation sites (tertiary alicyclic amines) is 1. The van der Waals surface area contributed by atoms with Crippen LogP contribution in [0, 0.1) is 0 Å². The first-order valence-corrected chi connectivity index (χ1v) is 9.13. The van der Waals surface area contributed by atoms with Crippen molar-refractivity contribution in [3.63, 3.8) is 0 Å². The number of hydrogen-bond acceptors (Lipinski definition) is 4. The Hall–Kier alpha value is -1.41. The fourth-order valence-corrected chi connectivity index (χ4v) is 4.64. The number of likely N-dealkylation sites (N-methyl/N-ethyl adjacent to an activating group) is 1. The van der Waals surface area contributed by atoms with Crippen molar-refractivity contribution in [1.82, 2.24) is 19.0 Å². The number of nitrogens with zero attached hydrogens (tertiary/aromatic N) is 4. The van der Waals surface area contributed by atoms with Gasteiger partial charge >= 0.3 is 0 Å². The molecule has 1 aromatic rings. The highest BCUT2D eigenvalue weighted by Gasteiger charge is 2.35. The van der Waals surface area contributed by atoms with E-state index in [-0.39, 0.29) is 28.7 Å². The van der Waals surface area contributed by atoms with E-state index in [1.54, 1.807) is 7.05 Å². The van der Waals surface area contributed by atoms with Crippen LogP contribution in [-0.4, -0.2) is 59.0 Å². The molecule has 3 rings (SSSR count). The van der Waals surface area contributed by atoms with Crippen molar-refractivity contribution in [2.75, 3.05) is 13.6 Å². The molecule has 0 radical (unpaired) electrons. The topological polar surface area (TPSA) is 75.5 Å². The fourth-order valence-electron chi connectivity index (χ4n) is 3.34. The molecule has 0 spiro atoms. The molecule has 0 bridgehead atoms. The van der Waals surface area contributed by atoms with Crippen LogP contribution in [0.5, 0.6) is 0 Å². The molecule has 2 aliphatic heterocycles. The fraction of sp³-hybridized carbons (Fsp3) is 0.714. The second kappa shape index (κ2) is 5.34. The van der Waals surface area contributed by atoms with Gasteiger partial charge in [0.05, 0.1) is 6.54 Å². The molecule has 22 heavy (non-hydrogen) atoms. The zero-order valence-corrected chi connectivity index (χ0v) is 14.0. The summed E-state index contributed by atoms with van der Waals surface area (Å²) in [4.78, 5) is 14.6. The minimum absolute atomic E-state index is 0.113. The third-order valence-electron chi connectivity index (χ3n) is 4.69. The number of aromatic nitrogens is 2. The van der Waals surface area contributed by atoms with Crippen LogP contribution in [0.25, 0.3) is 0 Å². The van der Waals surface area contributed by atoms with Gasteiger partial charge in [0.2, 0.25) is 0 Å². The van der Waals surface area contributed by atoms with Crippen LogP contribution in [-0.2, 0) is 16.6 Å². The van der Waals surface area contributed by atoms with Gasteiger partial charge in [0, 0.05) is 31.7 Å². The lowest BCUT2D eigenvalue weighted by Crippen LogP contribution is -2.47. The summed E-state index contributed by atoms with van der Waals surface area (Å²) in [5.74, 6) is -0.167. The van der Waals surface area contributed by atoms with E-state index >= 15 is 0 Å². The summed E-state index contributed by atoms with van der Waals surface area (Å²) >= 11 is 0. The summed E-state index contributed by atoms with van der Waals surface area (Å²) in [6.45, 7) is 4.92. The lowest BCUT2D eigenvalue weighted by Gasteiger charge is -2.38. The van der Waals surface area contributed by atoms with E-state index < -0.39 is 10.0 Å². The first-order valence-electron chi connectivity index (χ1n) is 7.69. The summed E-state index contributed by atoms with van der Waals surface area (Å²) in [6.07, 6.45) is 3.07. The van der Waals surface area contributed by atoms with Gasteiger partial charge in [-0.1, -0.05) is 0 Å². The van der Waals surface area contributed by atoms with Crippen LogP contribution >= 0.6 is 0 Å². The minimum Gasteiger partial charge on any atom is -0.332 e. The molecule has 2 atom stereocenters. The molecule has 8 heteroatoms. The van der Waals surface area contributed by atoms with E-state index in [0.717, 1.165) is 19.3 Å². The quantitative estimate of drug-likeness (QED) is 0.769. The van der Waals surface area contributed by atoms with Crippen LogP contribution in [0.1, 0.15) is 43.6 Å². The summed E-state index contributed by atoms with van der Waals surface area (Å²) < 4.78 is 27.3. The molecule has 3 heterocycles. The number of carbonyl (C=O) groups excluding carboxylic acids is 1. The average Bonchev–Trinajstić information content (AvgIpc) is 2.88. The third-order valence-corrected chi connectivity index (χ3v) is 6.55. The monoisotopic (exact) mass is 326 g/mol. The van der Waals surface area contributed by atoms with Crippen LogP contribution in [0.15, 0.2) is 11.1 Å². The van der Waals surface area contributed by atoms with Crippen LogP contribution < -0.4 is 0 Å². The average molecular weight is 326 g/mol. The SMILES string of the molecule is C[C@@H]1CCC[C@H](C)N1C(=O)c1cc2n(n1)CCN(C)S2(=O)=O. The van der Waals surface area contributed by atoms with Gasteiger partial charge < -0.3 is 4.90 Å². The Balaban J connectivity index is 1.95. The molecule has 2 aliphatic rings. The number of rotatable bonds is 1. The normalized spacial score (nSPS) is 28.4. The Kier molecular flexibility index (Phi) is 3.76. The van der Waals surface area contributed by atoms with Crippen molar-refractivity contribution in [3.05, 3.63) is 11.8 Å². The Morgan fingerprint density at radius 2 is 1.86 bits per heavy atom. The minimum atomic E-state index is -3.53. The van der Waals surface area contributed by atoms with Crippen molar-refractivity contribution in [1.29, 1.82) is 0 Å². The zero-order valence-electron chi connectivity index (χ0n) is 13.2. The van der Waals surface area contributed by atoms with Crippen molar-refractivity contribution >= 4 is 15.9 Å². The Morgan fingerprint density at radius 3 is 2.50 bits per heavy atom. The molecule has 0 N–H and O–H groups in total. The van der Waals surface area contributed by atoms with Crippen LogP contribution in [0.4, 0.5) is 0 Å². The molecular formula is C14H22N4O3S. The predicted molar refractivity (Wildman–Crippen MR) is 81.0 cm³/mol. The van der Waals surface area contributed by atoms with Crippen LogP contribution in [0.3, 0.4) is 0 Å². The molecular weight excluding hydrogens is 304 g/mol. The van der Waals surface area contributed by atoms with Gasteiger partial charge in [-0.3, -0.25) is 9.48 Å². The van der Waals surface area contributed by atoms with E-state index in [2.05, 4.69) is 5.10 Å². The van der Waals surface area contributed by atoms with Crippen molar-refractivity contribution in [2.24, 2.45) is 0 Å². The van der Waals surface area contributed by atoms with E-state index in [1.807, 2.05) is 18.7 Å². The first-order chi connectivity index (χ1) is 10.3. The standard InChI is InChI=1S/C14H22N4O3S/c1-10-5-4-6-11(2)18(10)14(19)12-9-13-17(15-12)8-7-16(3)22(13,20)21/h9-11H,4-8H2,1-3H3/t10-,11+. The van der Waals surface area contributed by atoms with Gasteiger partial charge in [0.15, 0.2) is 10.7 Å². The maximum Gasteiger partial charge on any atom is 0.274 e. The molecule has 1 saturated heterocycles. The third kappa shape index (κ3) is 2.34. The molecule has 0 aromatic carbocycles. The number of carbonyl (C=O) groups is 1. The lowest BCUT2D eigenvalue weighted by molar-refractivity contribution is 0.0503. The van der Waals surface area contributed by atoms with Crippen molar-refractivity contribution < 1.29 is 13.2 Å². The highest BCUT2D eigenvalue weighted by atomic mass is 32.2.